The van der Waals surface area contributed by atoms with Crippen LogP contribution in [0.4, 0.5) is 0 Å². The van der Waals surface area contributed by atoms with E-state index in [9.17, 15) is 4.79 Å². The highest BCUT2D eigenvalue weighted by Crippen LogP contribution is 2.28. The molecule has 1 rings (SSSR count). The van der Waals surface area contributed by atoms with Crippen LogP contribution in [0.2, 0.25) is 0 Å². The van der Waals surface area contributed by atoms with E-state index in [0.29, 0.717) is 37.4 Å². The third-order valence-electron chi connectivity index (χ3n) is 3.13. The number of hydrogen-bond acceptors (Lipinski definition) is 3. The molecule has 0 saturated heterocycles. The highest BCUT2D eigenvalue weighted by atomic mass is 16.5. The Balaban J connectivity index is 2.67. The van der Waals surface area contributed by atoms with Gasteiger partial charge in [-0.05, 0) is 24.1 Å². The summed E-state index contributed by atoms with van der Waals surface area (Å²) in [5, 5.41) is 0. The van der Waals surface area contributed by atoms with Crippen molar-refractivity contribution in [3.8, 4) is 11.5 Å². The maximum atomic E-state index is 12.1. The number of carbonyl (C=O) groups is 1. The van der Waals surface area contributed by atoms with Crippen molar-refractivity contribution in [2.24, 2.45) is 0 Å². The monoisotopic (exact) mass is 289 g/mol. The number of rotatable bonds is 9. The van der Waals surface area contributed by atoms with Gasteiger partial charge >= 0.3 is 0 Å². The molecule has 0 aliphatic heterocycles. The maximum absolute atomic E-state index is 12.1. The molecule has 0 fully saturated rings. The molecule has 1 aromatic carbocycles. The molecule has 0 unspecified atom stereocenters. The Morgan fingerprint density at radius 3 is 2.29 bits per heavy atom. The van der Waals surface area contributed by atoms with Crippen LogP contribution in [0.1, 0.15) is 12.0 Å². The Bertz CT molecular complexity index is 487. The molecule has 1 amide bonds. The summed E-state index contributed by atoms with van der Waals surface area (Å²) < 4.78 is 10.5. The van der Waals surface area contributed by atoms with Crippen LogP contribution in [0, 0.1) is 0 Å². The SMILES string of the molecule is C=CCN(CC=C)C(=O)CCc1ccc(OC)c(OC)c1. The minimum absolute atomic E-state index is 0.0876. The molecular weight excluding hydrogens is 266 g/mol. The lowest BCUT2D eigenvalue weighted by Crippen LogP contribution is -2.31. The Morgan fingerprint density at radius 1 is 1.14 bits per heavy atom. The maximum Gasteiger partial charge on any atom is 0.223 e. The van der Waals surface area contributed by atoms with Gasteiger partial charge in [-0.1, -0.05) is 18.2 Å². The zero-order chi connectivity index (χ0) is 15.7. The normalized spacial score (nSPS) is 9.81. The van der Waals surface area contributed by atoms with Gasteiger partial charge in [0.05, 0.1) is 14.2 Å². The van der Waals surface area contributed by atoms with Gasteiger partial charge in [0.2, 0.25) is 5.91 Å². The largest absolute Gasteiger partial charge is 0.493 e. The topological polar surface area (TPSA) is 38.8 Å². The summed E-state index contributed by atoms with van der Waals surface area (Å²) in [5.41, 5.74) is 1.04. The van der Waals surface area contributed by atoms with Crippen molar-refractivity contribution < 1.29 is 14.3 Å². The molecule has 0 aliphatic carbocycles. The first-order chi connectivity index (χ1) is 10.2. The number of benzene rings is 1. The predicted octanol–water partition coefficient (Wildman–Crippen LogP) is 2.84. The fraction of sp³-hybridized carbons (Fsp3) is 0.353. The van der Waals surface area contributed by atoms with Gasteiger partial charge in [0, 0.05) is 19.5 Å². The second-order valence-electron chi connectivity index (χ2n) is 4.57. The van der Waals surface area contributed by atoms with Crippen LogP contribution in [0.5, 0.6) is 11.5 Å². The van der Waals surface area contributed by atoms with Gasteiger partial charge in [-0.15, -0.1) is 13.2 Å². The number of ether oxygens (including phenoxy) is 2. The molecule has 0 heterocycles. The van der Waals surface area contributed by atoms with Crippen molar-refractivity contribution in [2.45, 2.75) is 12.8 Å². The molecule has 0 radical (unpaired) electrons. The van der Waals surface area contributed by atoms with Crippen LogP contribution in [-0.2, 0) is 11.2 Å². The molecule has 0 spiro atoms. The zero-order valence-corrected chi connectivity index (χ0v) is 12.8. The van der Waals surface area contributed by atoms with Crippen LogP contribution >= 0.6 is 0 Å². The number of amides is 1. The van der Waals surface area contributed by atoms with E-state index in [1.165, 1.54) is 0 Å². The minimum atomic E-state index is 0.0876. The van der Waals surface area contributed by atoms with Crippen LogP contribution in [0.25, 0.3) is 0 Å². The van der Waals surface area contributed by atoms with Gasteiger partial charge in [0.25, 0.3) is 0 Å². The van der Waals surface area contributed by atoms with Gasteiger partial charge in [-0.2, -0.15) is 0 Å². The van der Waals surface area contributed by atoms with Crippen LogP contribution in [0.15, 0.2) is 43.5 Å². The molecule has 4 heteroatoms. The molecule has 0 N–H and O–H groups in total. The summed E-state index contributed by atoms with van der Waals surface area (Å²) >= 11 is 0. The molecular formula is C17H23NO3. The first-order valence-electron chi connectivity index (χ1n) is 6.86. The van der Waals surface area contributed by atoms with Crippen molar-refractivity contribution in [1.82, 2.24) is 4.90 Å². The molecule has 1 aromatic rings. The predicted molar refractivity (Wildman–Crippen MR) is 84.8 cm³/mol. The molecule has 0 bridgehead atoms. The number of hydrogen-bond donors (Lipinski definition) is 0. The Hall–Kier alpha value is -2.23. The second kappa shape index (κ2) is 8.84. The van der Waals surface area contributed by atoms with E-state index in [0.717, 1.165) is 5.56 Å². The van der Waals surface area contributed by atoms with E-state index in [1.807, 2.05) is 18.2 Å². The summed E-state index contributed by atoms with van der Waals surface area (Å²) in [5.74, 6) is 1.45. The van der Waals surface area contributed by atoms with E-state index >= 15 is 0 Å². The molecule has 21 heavy (non-hydrogen) atoms. The van der Waals surface area contributed by atoms with Gasteiger partial charge in [0.15, 0.2) is 11.5 Å². The quantitative estimate of drug-likeness (QED) is 0.656. The van der Waals surface area contributed by atoms with Crippen molar-refractivity contribution in [3.05, 3.63) is 49.1 Å². The third-order valence-corrected chi connectivity index (χ3v) is 3.13. The summed E-state index contributed by atoms with van der Waals surface area (Å²) in [6.07, 6.45) is 4.54. The van der Waals surface area contributed by atoms with Gasteiger partial charge in [0.1, 0.15) is 0 Å². The highest BCUT2D eigenvalue weighted by Gasteiger charge is 2.11. The number of methoxy groups -OCH3 is 2. The van der Waals surface area contributed by atoms with E-state index < -0.39 is 0 Å². The third kappa shape index (κ3) is 4.99. The molecule has 4 nitrogen and oxygen atoms in total. The molecule has 0 saturated carbocycles. The van der Waals surface area contributed by atoms with Crippen molar-refractivity contribution in [2.75, 3.05) is 27.3 Å². The summed E-state index contributed by atoms with van der Waals surface area (Å²) in [4.78, 5) is 13.9. The van der Waals surface area contributed by atoms with E-state index in [-0.39, 0.29) is 5.91 Å². The Labute approximate surface area is 126 Å². The van der Waals surface area contributed by atoms with Crippen molar-refractivity contribution in [1.29, 1.82) is 0 Å². The van der Waals surface area contributed by atoms with Crippen molar-refractivity contribution in [3.63, 3.8) is 0 Å². The van der Waals surface area contributed by atoms with Crippen LogP contribution in [0.3, 0.4) is 0 Å². The smallest absolute Gasteiger partial charge is 0.223 e. The highest BCUT2D eigenvalue weighted by molar-refractivity contribution is 5.76. The summed E-state index contributed by atoms with van der Waals surface area (Å²) in [6.45, 7) is 8.41. The van der Waals surface area contributed by atoms with Gasteiger partial charge in [-0.3, -0.25) is 4.79 Å². The molecule has 0 atom stereocenters. The van der Waals surface area contributed by atoms with E-state index in [4.69, 9.17) is 9.47 Å². The first kappa shape index (κ1) is 16.8. The lowest BCUT2D eigenvalue weighted by molar-refractivity contribution is -0.130. The second-order valence-corrected chi connectivity index (χ2v) is 4.57. The number of carbonyl (C=O) groups excluding carboxylic acids is 1. The average molecular weight is 289 g/mol. The van der Waals surface area contributed by atoms with Gasteiger partial charge < -0.3 is 14.4 Å². The summed E-state index contributed by atoms with van der Waals surface area (Å²) in [6, 6.07) is 5.70. The molecule has 0 aromatic heterocycles. The van der Waals surface area contributed by atoms with E-state index in [2.05, 4.69) is 13.2 Å². The Morgan fingerprint density at radius 2 is 1.76 bits per heavy atom. The van der Waals surface area contributed by atoms with Crippen LogP contribution < -0.4 is 9.47 Å². The average Bonchev–Trinajstić information content (AvgIpc) is 2.52. The Kier molecular flexibility index (Phi) is 7.09. The molecule has 114 valence electrons. The van der Waals surface area contributed by atoms with E-state index in [1.54, 1.807) is 31.3 Å². The lowest BCUT2D eigenvalue weighted by Gasteiger charge is -2.19. The first-order valence-corrected chi connectivity index (χ1v) is 6.86. The lowest BCUT2D eigenvalue weighted by atomic mass is 10.1. The van der Waals surface area contributed by atoms with Crippen molar-refractivity contribution >= 4 is 5.91 Å². The van der Waals surface area contributed by atoms with Crippen LogP contribution in [-0.4, -0.2) is 38.1 Å². The molecule has 0 aliphatic rings. The summed E-state index contributed by atoms with van der Waals surface area (Å²) in [7, 11) is 3.20. The number of aryl methyl sites for hydroxylation is 1. The zero-order valence-electron chi connectivity index (χ0n) is 12.8. The van der Waals surface area contributed by atoms with Gasteiger partial charge in [-0.25, -0.2) is 0 Å². The number of nitrogens with zero attached hydrogens (tertiary/aromatic N) is 1. The standard InChI is InChI=1S/C17H23NO3/c1-5-11-18(12-6-2)17(19)10-8-14-7-9-15(20-3)16(13-14)21-4/h5-7,9,13H,1-2,8,10-12H2,3-4H3. The fourth-order valence-corrected chi connectivity index (χ4v) is 2.04. The fourth-order valence-electron chi connectivity index (χ4n) is 2.04. The minimum Gasteiger partial charge on any atom is -0.493 e.